The molecule has 0 spiro atoms. The highest BCUT2D eigenvalue weighted by molar-refractivity contribution is 9.11. The van der Waals surface area contributed by atoms with Crippen molar-refractivity contribution >= 4 is 43.2 Å². The second kappa shape index (κ2) is 9.45. The Morgan fingerprint density at radius 1 is 0.516 bits per heavy atom. The van der Waals surface area contributed by atoms with Gasteiger partial charge in [0.15, 0.2) is 0 Å². The molecule has 0 fully saturated rings. The van der Waals surface area contributed by atoms with E-state index in [9.17, 15) is 0 Å². The summed E-state index contributed by atoms with van der Waals surface area (Å²) in [5.41, 5.74) is 15.4. The van der Waals surface area contributed by atoms with Gasteiger partial charge in [0.1, 0.15) is 23.0 Å². The van der Waals surface area contributed by atoms with Crippen molar-refractivity contribution in [3.8, 4) is 23.0 Å². The van der Waals surface area contributed by atoms with Crippen LogP contribution >= 0.6 is 31.9 Å². The first-order valence-corrected chi connectivity index (χ1v) is 11.2. The summed E-state index contributed by atoms with van der Waals surface area (Å²) < 4.78 is 13.4. The van der Waals surface area contributed by atoms with Crippen molar-refractivity contribution in [2.45, 2.75) is 6.42 Å². The topological polar surface area (TPSA) is 70.5 Å². The van der Waals surface area contributed by atoms with Gasteiger partial charge in [-0.25, -0.2) is 0 Å². The van der Waals surface area contributed by atoms with Gasteiger partial charge in [0, 0.05) is 20.3 Å². The minimum Gasteiger partial charge on any atom is -0.457 e. The van der Waals surface area contributed by atoms with E-state index in [1.165, 1.54) is 11.1 Å². The lowest BCUT2D eigenvalue weighted by Crippen LogP contribution is -1.91. The molecule has 156 valence electrons. The monoisotopic (exact) mass is 538 g/mol. The summed E-state index contributed by atoms with van der Waals surface area (Å²) in [5, 5.41) is 0. The number of benzene rings is 4. The molecule has 4 rings (SSSR count). The summed E-state index contributed by atoms with van der Waals surface area (Å²) >= 11 is 6.83. The zero-order valence-electron chi connectivity index (χ0n) is 16.5. The van der Waals surface area contributed by atoms with Crippen LogP contribution in [0.15, 0.2) is 93.9 Å². The zero-order chi connectivity index (χ0) is 21.8. The van der Waals surface area contributed by atoms with Crippen LogP contribution in [0.25, 0.3) is 0 Å². The van der Waals surface area contributed by atoms with Gasteiger partial charge >= 0.3 is 0 Å². The summed E-state index contributed by atoms with van der Waals surface area (Å²) in [6, 6.07) is 27.2. The van der Waals surface area contributed by atoms with Gasteiger partial charge in [-0.3, -0.25) is 0 Å². The van der Waals surface area contributed by atoms with Crippen LogP contribution in [0.3, 0.4) is 0 Å². The third kappa shape index (κ3) is 5.60. The van der Waals surface area contributed by atoms with Crippen LogP contribution in [0, 0.1) is 0 Å². The van der Waals surface area contributed by atoms with Crippen LogP contribution in [0.2, 0.25) is 0 Å². The predicted molar refractivity (Wildman–Crippen MR) is 133 cm³/mol. The molecule has 0 aliphatic carbocycles. The Morgan fingerprint density at radius 2 is 0.871 bits per heavy atom. The van der Waals surface area contributed by atoms with E-state index in [-0.39, 0.29) is 0 Å². The minimum atomic E-state index is 0.681. The molecule has 0 aromatic heterocycles. The van der Waals surface area contributed by atoms with Crippen LogP contribution in [0.1, 0.15) is 11.1 Å². The molecule has 0 aliphatic heterocycles. The van der Waals surface area contributed by atoms with Crippen molar-refractivity contribution in [3.05, 3.63) is 105 Å². The number of hydrogen-bond acceptors (Lipinski definition) is 4. The largest absolute Gasteiger partial charge is 0.457 e. The molecule has 0 unspecified atom stereocenters. The molecule has 0 saturated carbocycles. The van der Waals surface area contributed by atoms with Crippen LogP contribution in [0.4, 0.5) is 11.4 Å². The fraction of sp³-hybridized carbons (Fsp3) is 0.0400. The van der Waals surface area contributed by atoms with E-state index in [0.717, 1.165) is 38.4 Å². The zero-order valence-corrected chi connectivity index (χ0v) is 19.7. The highest BCUT2D eigenvalue weighted by atomic mass is 79.9. The van der Waals surface area contributed by atoms with Gasteiger partial charge in [0.25, 0.3) is 0 Å². The Morgan fingerprint density at radius 3 is 1.23 bits per heavy atom. The van der Waals surface area contributed by atoms with E-state index in [2.05, 4.69) is 56.1 Å². The maximum absolute atomic E-state index is 5.89. The van der Waals surface area contributed by atoms with Gasteiger partial charge in [0.2, 0.25) is 0 Å². The lowest BCUT2D eigenvalue weighted by molar-refractivity contribution is 0.482. The molecular formula is C25H20Br2N2O2. The fourth-order valence-electron chi connectivity index (χ4n) is 3.00. The Balaban J connectivity index is 1.37. The summed E-state index contributed by atoms with van der Waals surface area (Å²) in [7, 11) is 0. The average Bonchev–Trinajstić information content (AvgIpc) is 2.76. The number of halogens is 2. The molecule has 4 aromatic rings. The van der Waals surface area contributed by atoms with E-state index in [4.69, 9.17) is 20.9 Å². The molecule has 0 radical (unpaired) electrons. The van der Waals surface area contributed by atoms with Gasteiger partial charge in [-0.05, 0) is 110 Å². The third-order valence-electron chi connectivity index (χ3n) is 4.67. The molecule has 31 heavy (non-hydrogen) atoms. The number of hydrogen-bond donors (Lipinski definition) is 2. The molecule has 0 saturated heterocycles. The van der Waals surface area contributed by atoms with Crippen molar-refractivity contribution in [1.29, 1.82) is 0 Å². The smallest absolute Gasteiger partial charge is 0.128 e. The van der Waals surface area contributed by atoms with Crippen LogP contribution in [0.5, 0.6) is 23.0 Å². The highest BCUT2D eigenvalue weighted by Crippen LogP contribution is 2.30. The van der Waals surface area contributed by atoms with Gasteiger partial charge in [0.05, 0.1) is 0 Å². The van der Waals surface area contributed by atoms with Gasteiger partial charge in [-0.2, -0.15) is 0 Å². The molecule has 0 bridgehead atoms. The molecule has 0 heterocycles. The maximum atomic E-state index is 5.89. The van der Waals surface area contributed by atoms with Crippen molar-refractivity contribution in [1.82, 2.24) is 0 Å². The molecule has 0 atom stereocenters. The summed E-state index contributed by atoms with van der Waals surface area (Å²) in [4.78, 5) is 0. The van der Waals surface area contributed by atoms with E-state index in [1.54, 1.807) is 0 Å². The van der Waals surface area contributed by atoms with E-state index >= 15 is 0 Å². The van der Waals surface area contributed by atoms with Crippen molar-refractivity contribution in [3.63, 3.8) is 0 Å². The lowest BCUT2D eigenvalue weighted by atomic mass is 10.0. The van der Waals surface area contributed by atoms with Crippen molar-refractivity contribution < 1.29 is 9.47 Å². The first-order valence-electron chi connectivity index (χ1n) is 9.60. The molecule has 0 amide bonds. The minimum absolute atomic E-state index is 0.681. The number of nitrogen functional groups attached to an aromatic ring is 2. The second-order valence-electron chi connectivity index (χ2n) is 7.04. The summed E-state index contributed by atoms with van der Waals surface area (Å²) in [5.74, 6) is 3.02. The van der Waals surface area contributed by atoms with Crippen LogP contribution in [-0.4, -0.2) is 0 Å². The van der Waals surface area contributed by atoms with Crippen molar-refractivity contribution in [2.75, 3.05) is 11.5 Å². The predicted octanol–water partition coefficient (Wildman–Crippen LogP) is 7.55. The van der Waals surface area contributed by atoms with E-state index in [1.807, 2.05) is 60.7 Å². The Labute approximate surface area is 198 Å². The molecule has 4 aromatic carbocycles. The quantitative estimate of drug-likeness (QED) is 0.248. The molecule has 6 heteroatoms. The molecule has 0 aliphatic rings. The third-order valence-corrected chi connectivity index (χ3v) is 6.04. The van der Waals surface area contributed by atoms with Gasteiger partial charge < -0.3 is 20.9 Å². The highest BCUT2D eigenvalue weighted by Gasteiger charge is 2.04. The Bertz CT molecular complexity index is 1100. The number of anilines is 2. The van der Waals surface area contributed by atoms with Crippen molar-refractivity contribution in [2.24, 2.45) is 0 Å². The van der Waals surface area contributed by atoms with Crippen LogP contribution < -0.4 is 20.9 Å². The first-order chi connectivity index (χ1) is 15.0. The Kier molecular flexibility index (Phi) is 6.49. The molecule has 4 nitrogen and oxygen atoms in total. The number of nitrogens with two attached hydrogens (primary N) is 2. The fourth-order valence-corrected chi connectivity index (χ4v) is 3.72. The van der Waals surface area contributed by atoms with E-state index < -0.39 is 0 Å². The van der Waals surface area contributed by atoms with Crippen LogP contribution in [-0.2, 0) is 6.42 Å². The second-order valence-corrected chi connectivity index (χ2v) is 8.74. The lowest BCUT2D eigenvalue weighted by Gasteiger charge is -2.09. The molecular weight excluding hydrogens is 520 g/mol. The molecule has 4 N–H and O–H groups in total. The standard InChI is InChI=1S/C25H20Br2N2O2/c26-22-14-20(9-11-24(22)28)30-18-5-1-16(2-6-18)13-17-3-7-19(8-4-17)31-21-10-12-25(29)23(27)15-21/h1-12,14-15H,13,28-29H2. The first kappa shape index (κ1) is 21.3. The number of rotatable bonds is 6. The average molecular weight is 540 g/mol. The maximum Gasteiger partial charge on any atom is 0.128 e. The van der Waals surface area contributed by atoms with Gasteiger partial charge in [-0.15, -0.1) is 0 Å². The number of ether oxygens (including phenoxy) is 2. The SMILES string of the molecule is Nc1ccc(Oc2ccc(Cc3ccc(Oc4ccc(N)c(Br)c4)cc3)cc2)cc1Br. The summed E-state index contributed by atoms with van der Waals surface area (Å²) in [6.07, 6.45) is 0.821. The van der Waals surface area contributed by atoms with E-state index in [0.29, 0.717) is 11.4 Å². The Hall–Kier alpha value is -2.96. The summed E-state index contributed by atoms with van der Waals surface area (Å²) in [6.45, 7) is 0. The normalized spacial score (nSPS) is 10.6. The van der Waals surface area contributed by atoms with Gasteiger partial charge in [-0.1, -0.05) is 24.3 Å².